The number of ketones is 4. The van der Waals surface area contributed by atoms with Crippen molar-refractivity contribution in [1.29, 1.82) is 0 Å². The predicted molar refractivity (Wildman–Crippen MR) is 138 cm³/mol. The van der Waals surface area contributed by atoms with Gasteiger partial charge in [0.2, 0.25) is 5.91 Å². The molecule has 0 bridgehead atoms. The monoisotopic (exact) mass is 554 g/mol. The van der Waals surface area contributed by atoms with E-state index in [0.29, 0.717) is 27.5 Å². The summed E-state index contributed by atoms with van der Waals surface area (Å²) < 4.78 is 5.49. The van der Waals surface area contributed by atoms with Gasteiger partial charge in [0, 0.05) is 16.5 Å². The minimum atomic E-state index is -2.76. The maximum Gasteiger partial charge on any atom is 0.235 e. The highest BCUT2D eigenvalue weighted by molar-refractivity contribution is 6.32. The van der Waals surface area contributed by atoms with Crippen molar-refractivity contribution in [3.63, 3.8) is 0 Å². The molecular weight excluding hydrogens is 528 g/mol. The maximum absolute atomic E-state index is 13.9. The molecule has 2 unspecified atom stereocenters. The van der Waals surface area contributed by atoms with Gasteiger partial charge in [0.05, 0.1) is 24.6 Å². The molecule has 1 amide bonds. The van der Waals surface area contributed by atoms with E-state index >= 15 is 0 Å². The van der Waals surface area contributed by atoms with Crippen LogP contribution in [0.25, 0.3) is 11.1 Å². The summed E-state index contributed by atoms with van der Waals surface area (Å²) in [5.74, 6) is -10.4. The number of amides is 1. The first-order valence-corrected chi connectivity index (χ1v) is 12.8. The van der Waals surface area contributed by atoms with E-state index in [1.54, 1.807) is 24.3 Å². The lowest BCUT2D eigenvalue weighted by molar-refractivity contribution is -0.181. The molecule has 2 aromatic rings. The summed E-state index contributed by atoms with van der Waals surface area (Å²) in [6, 6.07) is 6.78. The second-order valence-electron chi connectivity index (χ2n) is 10.6. The number of phenols is 1. The minimum Gasteiger partial charge on any atom is -0.507 e. The highest BCUT2D eigenvalue weighted by atomic mass is 35.5. The third-order valence-corrected chi connectivity index (χ3v) is 8.63. The third-order valence-electron chi connectivity index (χ3n) is 8.40. The van der Waals surface area contributed by atoms with E-state index < -0.39 is 64.4 Å². The van der Waals surface area contributed by atoms with Crippen molar-refractivity contribution in [2.24, 2.45) is 29.4 Å². The number of nitrogens with zero attached hydrogens (tertiary/aromatic N) is 1. The molecule has 0 aromatic heterocycles. The Bertz CT molecular complexity index is 1470. The first-order chi connectivity index (χ1) is 18.3. The van der Waals surface area contributed by atoms with Crippen LogP contribution in [0.5, 0.6) is 11.5 Å². The molecule has 0 radical (unpaired) electrons. The molecule has 2 fully saturated rings. The Morgan fingerprint density at radius 1 is 1.10 bits per heavy atom. The van der Waals surface area contributed by atoms with Crippen LogP contribution < -0.4 is 10.5 Å². The number of fused-ring (bicyclic) bond motifs is 3. The summed E-state index contributed by atoms with van der Waals surface area (Å²) >= 11 is 6.25. The zero-order valence-electron chi connectivity index (χ0n) is 21.4. The Balaban J connectivity index is 1.68. The maximum atomic E-state index is 13.9. The van der Waals surface area contributed by atoms with Crippen LogP contribution in [0.2, 0.25) is 5.02 Å². The SMILES string of the molecule is COc1ccc(Cl)cc1-c1ccc(O)c2c1C[C@@H]1C[C@@H]3[C@@H](N(C)C)C(=O)C(C(N)=O)C(=O)[C@]3(O)C(=O)C1C2=O. The second-order valence-corrected chi connectivity index (χ2v) is 11.1. The number of carbonyl (C=O) groups excluding carboxylic acids is 5. The molecule has 0 spiro atoms. The number of hydrogen-bond acceptors (Lipinski definition) is 9. The van der Waals surface area contributed by atoms with E-state index in [9.17, 15) is 34.2 Å². The molecule has 0 saturated heterocycles. The number of Topliss-reactive ketones (excluding diaryl/α,β-unsaturated/α-hetero) is 4. The Hall–Kier alpha value is -3.60. The Kier molecular flexibility index (Phi) is 6.40. The standard InChI is InChI=1S/C28H27ClN2O8/c1-31(2)22-16-9-11-8-15-13(14-10-12(29)4-7-18(14)39-3)5-6-17(32)20(15)23(33)19(11)25(35)28(16,38)26(36)21(24(22)34)27(30)37/h4-7,10-11,16,19,21-22,32,38H,8-9H2,1-3H3,(H2,30,37)/t11-,16-,19?,21?,22-,28-/m1/s1. The Morgan fingerprint density at radius 3 is 2.41 bits per heavy atom. The molecule has 0 aliphatic heterocycles. The van der Waals surface area contributed by atoms with Crippen molar-refractivity contribution in [1.82, 2.24) is 4.90 Å². The molecule has 3 aliphatic rings. The first kappa shape index (κ1) is 27.0. The van der Waals surface area contributed by atoms with Crippen LogP contribution in [0.4, 0.5) is 0 Å². The number of nitrogens with two attached hydrogens (primary N) is 1. The fraction of sp³-hybridized carbons (Fsp3) is 0.393. The van der Waals surface area contributed by atoms with Gasteiger partial charge in [-0.15, -0.1) is 0 Å². The molecule has 10 nitrogen and oxygen atoms in total. The summed E-state index contributed by atoms with van der Waals surface area (Å²) in [5.41, 5.74) is 4.09. The molecule has 0 heterocycles. The number of benzene rings is 2. The normalized spacial score (nSPS) is 30.1. The quantitative estimate of drug-likeness (QED) is 0.471. The molecule has 204 valence electrons. The summed E-state index contributed by atoms with van der Waals surface area (Å²) in [6.45, 7) is 0. The Labute approximate surface area is 228 Å². The van der Waals surface area contributed by atoms with Crippen molar-refractivity contribution in [3.8, 4) is 22.6 Å². The fourth-order valence-electron chi connectivity index (χ4n) is 6.75. The number of rotatable bonds is 4. The molecule has 11 heteroatoms. The van der Waals surface area contributed by atoms with Gasteiger partial charge in [-0.3, -0.25) is 28.9 Å². The summed E-state index contributed by atoms with van der Waals surface area (Å²) in [5, 5.41) is 22.8. The average Bonchev–Trinajstić information content (AvgIpc) is 2.86. The van der Waals surface area contributed by atoms with Gasteiger partial charge < -0.3 is 20.7 Å². The van der Waals surface area contributed by atoms with Crippen molar-refractivity contribution < 1.29 is 38.9 Å². The van der Waals surface area contributed by atoms with Crippen LogP contribution in [0.3, 0.4) is 0 Å². The van der Waals surface area contributed by atoms with E-state index in [1.165, 1.54) is 32.2 Å². The third kappa shape index (κ3) is 3.73. The number of hydrogen-bond donors (Lipinski definition) is 3. The lowest BCUT2D eigenvalue weighted by Crippen LogP contribution is -2.74. The number of phenolic OH excluding ortho intramolecular Hbond substituents is 1. The van der Waals surface area contributed by atoms with Gasteiger partial charge in [-0.25, -0.2) is 0 Å². The largest absolute Gasteiger partial charge is 0.507 e. The highest BCUT2D eigenvalue weighted by Crippen LogP contribution is 2.52. The smallest absolute Gasteiger partial charge is 0.235 e. The number of primary amides is 1. The minimum absolute atomic E-state index is 0.0360. The van der Waals surface area contributed by atoms with Crippen molar-refractivity contribution in [3.05, 3.63) is 46.5 Å². The number of aromatic hydroxyl groups is 1. The number of ether oxygens (including phenoxy) is 1. The van der Waals surface area contributed by atoms with Crippen LogP contribution in [-0.4, -0.2) is 77.0 Å². The van der Waals surface area contributed by atoms with Gasteiger partial charge in [0.1, 0.15) is 11.5 Å². The molecule has 3 aliphatic carbocycles. The van der Waals surface area contributed by atoms with E-state index in [1.807, 2.05) is 0 Å². The van der Waals surface area contributed by atoms with Crippen molar-refractivity contribution in [2.75, 3.05) is 21.2 Å². The van der Waals surface area contributed by atoms with Gasteiger partial charge in [-0.05, 0) is 68.2 Å². The van der Waals surface area contributed by atoms with E-state index in [4.69, 9.17) is 22.1 Å². The lowest BCUT2D eigenvalue weighted by Gasteiger charge is -2.52. The average molecular weight is 555 g/mol. The summed E-state index contributed by atoms with van der Waals surface area (Å²) in [7, 11) is 4.56. The molecule has 6 atom stereocenters. The number of aliphatic hydroxyl groups is 1. The fourth-order valence-corrected chi connectivity index (χ4v) is 6.92. The number of methoxy groups -OCH3 is 1. The van der Waals surface area contributed by atoms with E-state index in [-0.39, 0.29) is 24.2 Å². The van der Waals surface area contributed by atoms with Gasteiger partial charge in [-0.1, -0.05) is 17.7 Å². The topological polar surface area (TPSA) is 164 Å². The predicted octanol–water partition coefficient (Wildman–Crippen LogP) is 1.20. The number of likely N-dealkylation sites (N-methyl/N-ethyl adjacent to an activating group) is 1. The molecule has 5 rings (SSSR count). The zero-order valence-corrected chi connectivity index (χ0v) is 22.2. The number of carbonyl (C=O) groups is 5. The van der Waals surface area contributed by atoms with Gasteiger partial charge in [0.15, 0.2) is 34.7 Å². The van der Waals surface area contributed by atoms with Gasteiger partial charge in [-0.2, -0.15) is 0 Å². The van der Waals surface area contributed by atoms with E-state index in [0.717, 1.165) is 0 Å². The van der Waals surface area contributed by atoms with Crippen molar-refractivity contribution in [2.45, 2.75) is 24.5 Å². The Morgan fingerprint density at radius 2 is 1.79 bits per heavy atom. The molecular formula is C28H27ClN2O8. The number of halogens is 1. The van der Waals surface area contributed by atoms with E-state index in [2.05, 4.69) is 0 Å². The molecule has 2 saturated carbocycles. The lowest BCUT2D eigenvalue weighted by atomic mass is 9.52. The molecule has 39 heavy (non-hydrogen) atoms. The van der Waals surface area contributed by atoms with Gasteiger partial charge >= 0.3 is 0 Å². The van der Waals surface area contributed by atoms with Gasteiger partial charge in [0.25, 0.3) is 0 Å². The highest BCUT2D eigenvalue weighted by Gasteiger charge is 2.69. The van der Waals surface area contributed by atoms with Crippen molar-refractivity contribution >= 4 is 40.6 Å². The van der Waals surface area contributed by atoms with Crippen LogP contribution in [-0.2, 0) is 25.6 Å². The zero-order chi connectivity index (χ0) is 28.5. The summed E-state index contributed by atoms with van der Waals surface area (Å²) in [6.07, 6.45) is 0.0942. The van der Waals surface area contributed by atoms with Crippen LogP contribution in [0.15, 0.2) is 30.3 Å². The second kappa shape index (κ2) is 9.25. The van der Waals surface area contributed by atoms with Crippen LogP contribution >= 0.6 is 11.6 Å². The van der Waals surface area contributed by atoms with Crippen LogP contribution in [0.1, 0.15) is 22.3 Å². The molecule has 2 aromatic carbocycles. The van der Waals surface area contributed by atoms with Crippen LogP contribution in [0, 0.1) is 23.7 Å². The molecule has 4 N–H and O–H groups in total. The summed E-state index contributed by atoms with van der Waals surface area (Å²) in [4.78, 5) is 67.9. The first-order valence-electron chi connectivity index (χ1n) is 12.4.